The molecule has 1 saturated heterocycles. The van der Waals surface area contributed by atoms with Crippen LogP contribution in [0.1, 0.15) is 36.7 Å². The first-order valence-corrected chi connectivity index (χ1v) is 9.33. The molecular weight excluding hydrogens is 342 g/mol. The Hall–Kier alpha value is -2.00. The molecule has 0 aliphatic carbocycles. The molecule has 1 aliphatic rings. The van der Waals surface area contributed by atoms with Crippen molar-refractivity contribution < 1.29 is 9.53 Å². The molecule has 0 aromatic carbocycles. The summed E-state index contributed by atoms with van der Waals surface area (Å²) in [4.78, 5) is 30.9. The third-order valence-electron chi connectivity index (χ3n) is 4.21. The Bertz CT molecular complexity index is 803. The first-order chi connectivity index (χ1) is 12.1. The Balaban J connectivity index is 1.85. The molecule has 0 saturated carbocycles. The quantitative estimate of drug-likeness (QED) is 0.773. The van der Waals surface area contributed by atoms with Gasteiger partial charge >= 0.3 is 0 Å². The Morgan fingerprint density at radius 3 is 3.12 bits per heavy atom. The fourth-order valence-corrected chi connectivity index (χ4v) is 3.91. The zero-order valence-corrected chi connectivity index (χ0v) is 15.3. The van der Waals surface area contributed by atoms with E-state index in [0.717, 1.165) is 24.6 Å². The number of anilines is 1. The Morgan fingerprint density at radius 1 is 1.52 bits per heavy atom. The number of nitrogens with zero attached hydrogens (tertiary/aromatic N) is 4. The summed E-state index contributed by atoms with van der Waals surface area (Å²) in [5, 5.41) is 8.15. The lowest BCUT2D eigenvalue weighted by Gasteiger charge is -2.30. The monoisotopic (exact) mass is 365 g/mol. The second-order valence-corrected chi connectivity index (χ2v) is 7.29. The summed E-state index contributed by atoms with van der Waals surface area (Å²) in [5.41, 5.74) is -0.204. The number of hydrogen-bond acceptors (Lipinski definition) is 7. The number of piperidine rings is 1. The van der Waals surface area contributed by atoms with Gasteiger partial charge in [-0.25, -0.2) is 0 Å². The maximum absolute atomic E-state index is 12.4. The molecule has 2 aromatic heterocycles. The zero-order valence-electron chi connectivity index (χ0n) is 14.5. The second kappa shape index (κ2) is 7.92. The number of rotatable bonds is 6. The molecule has 9 heteroatoms. The highest BCUT2D eigenvalue weighted by molar-refractivity contribution is 7.20. The molecule has 1 amide bonds. The molecule has 1 atom stereocenters. The maximum atomic E-state index is 12.4. The van der Waals surface area contributed by atoms with Gasteiger partial charge in [-0.2, -0.15) is 9.50 Å². The van der Waals surface area contributed by atoms with Gasteiger partial charge in [-0.15, -0.1) is 5.10 Å². The molecule has 1 unspecified atom stereocenters. The number of ether oxygens (including phenoxy) is 1. The maximum Gasteiger partial charge on any atom is 0.274 e. The predicted octanol–water partition coefficient (Wildman–Crippen LogP) is 1.15. The van der Waals surface area contributed by atoms with Crippen molar-refractivity contribution in [3.8, 4) is 0 Å². The van der Waals surface area contributed by atoms with Crippen LogP contribution in [-0.4, -0.2) is 53.9 Å². The molecule has 0 radical (unpaired) electrons. The van der Waals surface area contributed by atoms with Crippen LogP contribution < -0.4 is 15.8 Å². The van der Waals surface area contributed by atoms with E-state index < -0.39 is 5.56 Å². The third kappa shape index (κ3) is 4.16. The first-order valence-electron chi connectivity index (χ1n) is 8.51. The van der Waals surface area contributed by atoms with Crippen molar-refractivity contribution in [3.05, 3.63) is 22.1 Å². The summed E-state index contributed by atoms with van der Waals surface area (Å²) in [6, 6.07) is 1.24. The number of fused-ring (bicyclic) bond motifs is 1. The van der Waals surface area contributed by atoms with Gasteiger partial charge in [0, 0.05) is 39.4 Å². The highest BCUT2D eigenvalue weighted by atomic mass is 32.1. The van der Waals surface area contributed by atoms with Crippen LogP contribution in [0, 0.1) is 5.92 Å². The second-order valence-electron chi connectivity index (χ2n) is 6.35. The molecule has 25 heavy (non-hydrogen) atoms. The van der Waals surface area contributed by atoms with Crippen molar-refractivity contribution in [2.24, 2.45) is 5.92 Å². The van der Waals surface area contributed by atoms with E-state index in [1.807, 2.05) is 0 Å². The summed E-state index contributed by atoms with van der Waals surface area (Å²) in [6.45, 7) is 5.14. The van der Waals surface area contributed by atoms with Crippen LogP contribution in [0.5, 0.6) is 0 Å². The van der Waals surface area contributed by atoms with Gasteiger partial charge in [0.2, 0.25) is 10.1 Å². The summed E-state index contributed by atoms with van der Waals surface area (Å²) in [5.74, 6) is 0.284. The van der Waals surface area contributed by atoms with Crippen molar-refractivity contribution in [1.82, 2.24) is 19.9 Å². The molecule has 8 nitrogen and oxygen atoms in total. The van der Waals surface area contributed by atoms with Gasteiger partial charge < -0.3 is 15.0 Å². The van der Waals surface area contributed by atoms with Gasteiger partial charge in [0.05, 0.1) is 0 Å². The van der Waals surface area contributed by atoms with E-state index in [0.29, 0.717) is 30.5 Å². The van der Waals surface area contributed by atoms with Crippen LogP contribution in [0.3, 0.4) is 0 Å². The number of methoxy groups -OCH3 is 1. The lowest BCUT2D eigenvalue weighted by molar-refractivity contribution is 0.0941. The van der Waals surface area contributed by atoms with Crippen molar-refractivity contribution >= 4 is 27.3 Å². The van der Waals surface area contributed by atoms with E-state index in [4.69, 9.17) is 4.74 Å². The molecule has 0 bridgehead atoms. The molecule has 2 aromatic rings. The Morgan fingerprint density at radius 2 is 2.36 bits per heavy atom. The minimum atomic E-state index is -0.427. The lowest BCUT2D eigenvalue weighted by Crippen LogP contribution is -2.34. The summed E-state index contributed by atoms with van der Waals surface area (Å²) in [7, 11) is 1.62. The molecular formula is C16H23N5O3S. The molecule has 1 fully saturated rings. The molecule has 3 rings (SSSR count). The van der Waals surface area contributed by atoms with Gasteiger partial charge in [-0.05, 0) is 25.2 Å². The van der Waals surface area contributed by atoms with Crippen molar-refractivity contribution in [2.75, 3.05) is 38.3 Å². The number of aromatic nitrogens is 3. The smallest absolute Gasteiger partial charge is 0.274 e. The fourth-order valence-electron chi connectivity index (χ4n) is 2.97. The molecule has 136 valence electrons. The van der Waals surface area contributed by atoms with Crippen LogP contribution in [0.2, 0.25) is 0 Å². The van der Waals surface area contributed by atoms with Crippen molar-refractivity contribution in [1.29, 1.82) is 0 Å². The number of amides is 1. The molecule has 1 N–H and O–H groups in total. The number of carbonyl (C=O) groups excluding carboxylic acids is 1. The number of carbonyl (C=O) groups is 1. The molecule has 3 heterocycles. The summed E-state index contributed by atoms with van der Waals surface area (Å²) >= 11 is 1.35. The lowest BCUT2D eigenvalue weighted by atomic mass is 10.0. The van der Waals surface area contributed by atoms with Gasteiger partial charge in [-0.3, -0.25) is 9.59 Å². The summed E-state index contributed by atoms with van der Waals surface area (Å²) in [6.07, 6.45) is 3.04. The van der Waals surface area contributed by atoms with E-state index in [9.17, 15) is 9.59 Å². The predicted molar refractivity (Wildman–Crippen MR) is 96.6 cm³/mol. The standard InChI is InChI=1S/C16H23N5O3S/c1-11-5-3-7-20(10-11)16-19-21-12(9-13(22)18-15(21)25-16)14(23)17-6-4-8-24-2/h9,11H,3-8,10H2,1-2H3,(H,17,23). The normalized spacial score (nSPS) is 17.8. The number of nitrogens with one attached hydrogen (secondary N) is 1. The highest BCUT2D eigenvalue weighted by Crippen LogP contribution is 2.27. The number of hydrogen-bond donors (Lipinski definition) is 1. The molecule has 0 spiro atoms. The van der Waals surface area contributed by atoms with Gasteiger partial charge in [0.1, 0.15) is 5.69 Å². The van der Waals surface area contributed by atoms with Crippen molar-refractivity contribution in [3.63, 3.8) is 0 Å². The summed E-state index contributed by atoms with van der Waals surface area (Å²) < 4.78 is 6.44. The largest absolute Gasteiger partial charge is 0.385 e. The third-order valence-corrected chi connectivity index (χ3v) is 5.18. The fraction of sp³-hybridized carbons (Fsp3) is 0.625. The van der Waals surface area contributed by atoms with Crippen molar-refractivity contribution in [2.45, 2.75) is 26.2 Å². The van der Waals surface area contributed by atoms with Gasteiger partial charge in [0.25, 0.3) is 11.5 Å². The average Bonchev–Trinajstić information content (AvgIpc) is 3.01. The average molecular weight is 365 g/mol. The highest BCUT2D eigenvalue weighted by Gasteiger charge is 2.22. The molecule has 1 aliphatic heterocycles. The van der Waals surface area contributed by atoms with E-state index in [1.54, 1.807) is 7.11 Å². The van der Waals surface area contributed by atoms with E-state index in [1.165, 1.54) is 28.3 Å². The van der Waals surface area contributed by atoms with Crippen LogP contribution in [-0.2, 0) is 4.74 Å². The van der Waals surface area contributed by atoms with E-state index >= 15 is 0 Å². The van der Waals surface area contributed by atoms with Crippen LogP contribution in [0.4, 0.5) is 5.13 Å². The zero-order chi connectivity index (χ0) is 17.8. The van der Waals surface area contributed by atoms with Gasteiger partial charge in [0.15, 0.2) is 0 Å². The van der Waals surface area contributed by atoms with Gasteiger partial charge in [-0.1, -0.05) is 18.3 Å². The topological polar surface area (TPSA) is 88.8 Å². The first kappa shape index (κ1) is 17.8. The minimum Gasteiger partial charge on any atom is -0.385 e. The SMILES string of the molecule is COCCCNC(=O)c1cc(=O)nc2sc(N3CCCC(C)C3)nn12. The Labute approximate surface area is 149 Å². The van der Waals surface area contributed by atoms with Crippen LogP contribution >= 0.6 is 11.3 Å². The van der Waals surface area contributed by atoms with E-state index in [-0.39, 0.29) is 11.6 Å². The van der Waals surface area contributed by atoms with Crippen LogP contribution in [0.25, 0.3) is 4.96 Å². The van der Waals surface area contributed by atoms with Crippen LogP contribution in [0.15, 0.2) is 10.9 Å². The Kier molecular flexibility index (Phi) is 5.64. The minimum absolute atomic E-state index is 0.222. The van der Waals surface area contributed by atoms with E-state index in [2.05, 4.69) is 27.2 Å².